The van der Waals surface area contributed by atoms with Gasteiger partial charge in [0.1, 0.15) is 5.69 Å². The first kappa shape index (κ1) is 21.9. The van der Waals surface area contributed by atoms with Crippen LogP contribution in [-0.2, 0) is 16.6 Å². The summed E-state index contributed by atoms with van der Waals surface area (Å²) in [6, 6.07) is 19.6. The molecule has 0 aliphatic rings. The van der Waals surface area contributed by atoms with Crippen LogP contribution in [0, 0.1) is 6.92 Å². The molecule has 0 saturated carbocycles. The Balaban J connectivity index is 1.56. The number of nitrogens with one attached hydrogen (secondary N) is 1. The molecular formula is C25H24N4O4. The molecule has 8 nitrogen and oxygen atoms in total. The molecule has 1 heterocycles. The molecule has 3 aromatic carbocycles. The first-order chi connectivity index (χ1) is 15.8. The number of hydrogen-bond acceptors (Lipinski definition) is 5. The Hall–Kier alpha value is -4.33. The van der Waals surface area contributed by atoms with E-state index in [2.05, 4.69) is 5.32 Å². The molecule has 33 heavy (non-hydrogen) atoms. The molecule has 3 N–H and O–H groups in total. The van der Waals surface area contributed by atoms with Gasteiger partial charge in [0, 0.05) is 18.1 Å². The summed E-state index contributed by atoms with van der Waals surface area (Å²) in [5.74, 6) is -1.28. The number of nitrogens with zero attached hydrogens (tertiary/aromatic N) is 2. The number of aromatic nitrogens is 2. The molecule has 0 aliphatic heterocycles. The van der Waals surface area contributed by atoms with Gasteiger partial charge in [0.25, 0.3) is 11.5 Å². The van der Waals surface area contributed by atoms with Gasteiger partial charge in [0.15, 0.2) is 6.10 Å². The number of fused-ring (bicyclic) bond motifs is 1. The first-order valence-corrected chi connectivity index (χ1v) is 10.4. The van der Waals surface area contributed by atoms with Crippen LogP contribution in [0.4, 0.5) is 11.4 Å². The topological polar surface area (TPSA) is 108 Å². The highest BCUT2D eigenvalue weighted by Crippen LogP contribution is 2.26. The number of esters is 1. The summed E-state index contributed by atoms with van der Waals surface area (Å²) in [6.07, 6.45) is -1.14. The third-order valence-corrected chi connectivity index (χ3v) is 5.61. The number of anilines is 2. The lowest BCUT2D eigenvalue weighted by atomic mass is 10.0. The van der Waals surface area contributed by atoms with E-state index < -0.39 is 18.0 Å². The summed E-state index contributed by atoms with van der Waals surface area (Å²) in [7, 11) is 1.73. The quantitative estimate of drug-likeness (QED) is 0.362. The maximum absolute atomic E-state index is 13.0. The Labute approximate surface area is 190 Å². The van der Waals surface area contributed by atoms with Gasteiger partial charge in [-0.15, -0.1) is 0 Å². The molecule has 168 valence electrons. The smallest absolute Gasteiger partial charge is 0.339 e. The molecule has 0 saturated heterocycles. The van der Waals surface area contributed by atoms with Crippen molar-refractivity contribution in [2.24, 2.45) is 7.05 Å². The summed E-state index contributed by atoms with van der Waals surface area (Å²) in [5.41, 5.74) is 7.76. The zero-order chi connectivity index (χ0) is 23.7. The van der Waals surface area contributed by atoms with Crippen LogP contribution in [-0.4, -0.2) is 27.3 Å². The fourth-order valence-corrected chi connectivity index (χ4v) is 3.75. The fourth-order valence-electron chi connectivity index (χ4n) is 3.75. The average Bonchev–Trinajstić information content (AvgIpc) is 3.02. The van der Waals surface area contributed by atoms with Gasteiger partial charge >= 0.3 is 5.97 Å². The zero-order valence-electron chi connectivity index (χ0n) is 18.5. The molecule has 1 unspecified atom stereocenters. The lowest BCUT2D eigenvalue weighted by Crippen LogP contribution is -2.32. The molecular weight excluding hydrogens is 420 g/mol. The van der Waals surface area contributed by atoms with Gasteiger partial charge < -0.3 is 15.8 Å². The lowest BCUT2D eigenvalue weighted by molar-refractivity contribution is -0.123. The molecule has 4 rings (SSSR count). The Morgan fingerprint density at radius 1 is 1.00 bits per heavy atom. The number of hydrogen-bond donors (Lipinski definition) is 2. The molecule has 0 aliphatic carbocycles. The van der Waals surface area contributed by atoms with E-state index >= 15 is 0 Å². The Morgan fingerprint density at radius 2 is 1.67 bits per heavy atom. The highest BCUT2D eigenvalue weighted by molar-refractivity contribution is 6.10. The van der Waals surface area contributed by atoms with E-state index in [4.69, 9.17) is 10.5 Å². The largest absolute Gasteiger partial charge is 0.449 e. The molecule has 0 spiro atoms. The first-order valence-electron chi connectivity index (χ1n) is 10.4. The van der Waals surface area contributed by atoms with Gasteiger partial charge in [0.05, 0.1) is 16.9 Å². The van der Waals surface area contributed by atoms with E-state index in [9.17, 15) is 14.4 Å². The van der Waals surface area contributed by atoms with Crippen molar-refractivity contribution in [2.45, 2.75) is 20.0 Å². The van der Waals surface area contributed by atoms with Crippen molar-refractivity contribution in [1.29, 1.82) is 0 Å². The van der Waals surface area contributed by atoms with Crippen LogP contribution in [0.1, 0.15) is 23.0 Å². The number of ether oxygens (including phenoxy) is 1. The van der Waals surface area contributed by atoms with Crippen molar-refractivity contribution in [1.82, 2.24) is 9.36 Å². The van der Waals surface area contributed by atoms with Gasteiger partial charge in [0.2, 0.25) is 0 Å². The van der Waals surface area contributed by atoms with Gasteiger partial charge in [-0.3, -0.25) is 14.3 Å². The normalized spacial score (nSPS) is 11.8. The van der Waals surface area contributed by atoms with E-state index in [1.54, 1.807) is 55.1 Å². The van der Waals surface area contributed by atoms with Gasteiger partial charge in [-0.25, -0.2) is 9.48 Å². The molecule has 4 aromatic rings. The van der Waals surface area contributed by atoms with Crippen LogP contribution in [0.2, 0.25) is 0 Å². The molecule has 1 amide bonds. The number of rotatable bonds is 5. The molecule has 1 atom stereocenters. The van der Waals surface area contributed by atoms with Gasteiger partial charge in [-0.2, -0.15) is 0 Å². The number of nitrogens with two attached hydrogens (primary N) is 1. The highest BCUT2D eigenvalue weighted by Gasteiger charge is 2.24. The van der Waals surface area contributed by atoms with E-state index in [1.165, 1.54) is 11.6 Å². The minimum atomic E-state index is -1.14. The van der Waals surface area contributed by atoms with Crippen molar-refractivity contribution < 1.29 is 14.3 Å². The SMILES string of the molecule is Cc1c(NC(=O)C(C)OC(=O)c2cccc3cccc(N)c23)c(=O)n(-c2ccccc2)n1C. The van der Waals surface area contributed by atoms with Crippen LogP contribution in [0.3, 0.4) is 0 Å². The number of carbonyl (C=O) groups excluding carboxylic acids is 2. The van der Waals surface area contributed by atoms with Crippen molar-refractivity contribution in [3.63, 3.8) is 0 Å². The summed E-state index contributed by atoms with van der Waals surface area (Å²) >= 11 is 0. The van der Waals surface area contributed by atoms with Crippen molar-refractivity contribution in [2.75, 3.05) is 11.1 Å². The molecule has 1 aromatic heterocycles. The van der Waals surface area contributed by atoms with Gasteiger partial charge in [-0.05, 0) is 43.5 Å². The van der Waals surface area contributed by atoms with E-state index in [0.29, 0.717) is 22.5 Å². The maximum Gasteiger partial charge on any atom is 0.339 e. The van der Waals surface area contributed by atoms with Crippen molar-refractivity contribution in [3.8, 4) is 5.69 Å². The second kappa shape index (κ2) is 8.66. The second-order valence-corrected chi connectivity index (χ2v) is 7.72. The summed E-state index contributed by atoms with van der Waals surface area (Å²) < 4.78 is 8.53. The van der Waals surface area contributed by atoms with Crippen LogP contribution >= 0.6 is 0 Å². The Morgan fingerprint density at radius 3 is 2.36 bits per heavy atom. The predicted molar refractivity (Wildman–Crippen MR) is 128 cm³/mol. The number of amides is 1. The molecule has 0 radical (unpaired) electrons. The van der Waals surface area contributed by atoms with E-state index in [-0.39, 0.29) is 16.8 Å². The van der Waals surface area contributed by atoms with Gasteiger partial charge in [-0.1, -0.05) is 42.5 Å². The average molecular weight is 444 g/mol. The summed E-state index contributed by atoms with van der Waals surface area (Å²) in [4.78, 5) is 38.6. The monoisotopic (exact) mass is 444 g/mol. The number of para-hydroxylation sites is 1. The lowest BCUT2D eigenvalue weighted by Gasteiger charge is -2.14. The van der Waals surface area contributed by atoms with Crippen LogP contribution in [0.25, 0.3) is 16.5 Å². The van der Waals surface area contributed by atoms with Crippen molar-refractivity contribution >= 4 is 34.0 Å². The third kappa shape index (κ3) is 3.98. The van der Waals surface area contributed by atoms with E-state index in [0.717, 1.165) is 5.39 Å². The predicted octanol–water partition coefficient (Wildman–Crippen LogP) is 3.40. The van der Waals surface area contributed by atoms with Crippen molar-refractivity contribution in [3.05, 3.63) is 88.3 Å². The number of benzene rings is 3. The molecule has 0 fully saturated rings. The highest BCUT2D eigenvalue weighted by atomic mass is 16.5. The summed E-state index contributed by atoms with van der Waals surface area (Å²) in [6.45, 7) is 3.18. The maximum atomic E-state index is 13.0. The van der Waals surface area contributed by atoms with E-state index in [1.807, 2.05) is 30.3 Å². The number of nitrogen functional groups attached to an aromatic ring is 1. The Bertz CT molecular complexity index is 1410. The molecule has 8 heteroatoms. The van der Waals surface area contributed by atoms with Crippen LogP contribution in [0.5, 0.6) is 0 Å². The number of carbonyl (C=O) groups is 2. The summed E-state index contributed by atoms with van der Waals surface area (Å²) in [5, 5.41) is 3.99. The third-order valence-electron chi connectivity index (χ3n) is 5.61. The second-order valence-electron chi connectivity index (χ2n) is 7.72. The minimum absolute atomic E-state index is 0.128. The Kier molecular flexibility index (Phi) is 5.74. The zero-order valence-corrected chi connectivity index (χ0v) is 18.5. The van der Waals surface area contributed by atoms with Crippen LogP contribution < -0.4 is 16.6 Å². The van der Waals surface area contributed by atoms with Crippen LogP contribution in [0.15, 0.2) is 71.5 Å². The minimum Gasteiger partial charge on any atom is -0.449 e. The standard InChI is InChI=1S/C25H24N4O4/c1-15-22(24(31)29(28(15)3)18-11-5-4-6-12-18)27-23(30)16(2)33-25(32)19-13-7-9-17-10-8-14-20(26)21(17)19/h4-14,16H,26H2,1-3H3,(H,27,30). The fraction of sp³-hybridized carbons (Fsp3) is 0.160. The molecule has 0 bridgehead atoms.